The number of hydrogen-bond donors (Lipinski definition) is 0. The van der Waals surface area contributed by atoms with Crippen LogP contribution in [0, 0.1) is 11.3 Å². The zero-order valence-corrected chi connectivity index (χ0v) is 16.9. The van der Waals surface area contributed by atoms with Crippen LogP contribution in [-0.4, -0.2) is 0 Å². The summed E-state index contributed by atoms with van der Waals surface area (Å²) in [6.45, 7) is 4.45. The van der Waals surface area contributed by atoms with Crippen LogP contribution in [0.1, 0.15) is 6.42 Å². The van der Waals surface area contributed by atoms with E-state index < -0.39 is 4.25 Å². The molecular weight excluding hydrogens is 436 g/mol. The molecule has 0 fully saturated rings. The summed E-state index contributed by atoms with van der Waals surface area (Å²) in [6.07, 6.45) is 0.333. The van der Waals surface area contributed by atoms with Crippen molar-refractivity contribution in [2.24, 2.45) is 0 Å². The Kier molecular flexibility index (Phi) is 5.08. The summed E-state index contributed by atoms with van der Waals surface area (Å²) in [6, 6.07) is 33.9. The Morgan fingerprint density at radius 1 is 0.760 bits per heavy atom. The molecule has 0 bridgehead atoms. The first-order valence-electron chi connectivity index (χ1n) is 8.08. The van der Waals surface area contributed by atoms with E-state index >= 15 is 0 Å². The van der Waals surface area contributed by atoms with Gasteiger partial charge in [0.1, 0.15) is 0 Å². The van der Waals surface area contributed by atoms with E-state index in [2.05, 4.69) is 107 Å². The van der Waals surface area contributed by atoms with Gasteiger partial charge in [0.2, 0.25) is 0 Å². The molecule has 0 saturated heterocycles. The van der Waals surface area contributed by atoms with Crippen LogP contribution in [0.4, 0.5) is 0 Å². The standard InChI is InChI=1S/C22H19INP/c1-19(17-18-24)25(23,20-11-5-2-6-12-20,21-13-7-3-8-14-21)22-15-9-4-10-16-22/h2-16H,1,17H2. The summed E-state index contributed by atoms with van der Waals surface area (Å²) < 4.78 is -3.01. The van der Waals surface area contributed by atoms with Gasteiger partial charge in [-0.05, 0) is 0 Å². The molecule has 0 aliphatic rings. The number of nitriles is 1. The summed E-state index contributed by atoms with van der Waals surface area (Å²) in [7, 11) is 0. The van der Waals surface area contributed by atoms with Crippen LogP contribution in [0.25, 0.3) is 0 Å². The maximum atomic E-state index is 9.46. The van der Waals surface area contributed by atoms with E-state index in [0.717, 1.165) is 5.31 Å². The fourth-order valence-corrected chi connectivity index (χ4v) is 11.3. The molecule has 3 aromatic carbocycles. The quantitative estimate of drug-likeness (QED) is 0.379. The fourth-order valence-electron chi connectivity index (χ4n) is 3.36. The van der Waals surface area contributed by atoms with Gasteiger partial charge in [-0.15, -0.1) is 0 Å². The zero-order valence-electron chi connectivity index (χ0n) is 13.8. The molecule has 3 rings (SSSR count). The number of hydrogen-bond acceptors (Lipinski definition) is 1. The Morgan fingerprint density at radius 3 is 1.36 bits per heavy atom. The topological polar surface area (TPSA) is 23.8 Å². The van der Waals surface area contributed by atoms with E-state index in [1.54, 1.807) is 0 Å². The first-order valence-corrected chi connectivity index (χ1v) is 13.1. The van der Waals surface area contributed by atoms with E-state index in [1.165, 1.54) is 15.9 Å². The zero-order chi connectivity index (χ0) is 17.8. The molecule has 0 aliphatic heterocycles. The average molecular weight is 455 g/mol. The molecule has 0 heterocycles. The third-order valence-electron chi connectivity index (χ3n) is 4.60. The molecule has 3 heteroatoms. The van der Waals surface area contributed by atoms with Crippen LogP contribution < -0.4 is 15.9 Å². The van der Waals surface area contributed by atoms with Crippen molar-refractivity contribution in [1.82, 2.24) is 0 Å². The first-order chi connectivity index (χ1) is 12.1. The molecule has 0 aromatic heterocycles. The van der Waals surface area contributed by atoms with Crippen LogP contribution in [0.5, 0.6) is 0 Å². The average Bonchev–Trinajstić information content (AvgIpc) is 2.69. The molecule has 25 heavy (non-hydrogen) atoms. The number of allylic oxidation sites excluding steroid dienone is 1. The molecule has 0 atom stereocenters. The van der Waals surface area contributed by atoms with Gasteiger partial charge in [0, 0.05) is 0 Å². The Hall–Kier alpha value is -1.95. The van der Waals surface area contributed by atoms with Gasteiger partial charge in [-0.25, -0.2) is 0 Å². The van der Waals surface area contributed by atoms with Gasteiger partial charge >= 0.3 is 163 Å². The summed E-state index contributed by atoms with van der Waals surface area (Å²) in [5.41, 5.74) is 0. The fraction of sp³-hybridized carbons (Fsp3) is 0.0455. The molecule has 0 aliphatic carbocycles. The Bertz CT molecular complexity index is 815. The molecule has 1 nitrogen and oxygen atoms in total. The second-order valence-electron chi connectivity index (χ2n) is 5.92. The maximum absolute atomic E-state index is 9.46. The SMILES string of the molecule is C=C(CC#N)P(I)(c1ccccc1)(c1ccccc1)c1ccccc1. The van der Waals surface area contributed by atoms with Crippen LogP contribution in [-0.2, 0) is 0 Å². The molecule has 0 amide bonds. The normalized spacial score (nSPS) is 12.6. The van der Waals surface area contributed by atoms with Crippen molar-refractivity contribution in [3.63, 3.8) is 0 Å². The second-order valence-corrected chi connectivity index (χ2v) is 15.9. The molecule has 0 spiro atoms. The van der Waals surface area contributed by atoms with E-state index in [4.69, 9.17) is 0 Å². The van der Waals surface area contributed by atoms with Gasteiger partial charge < -0.3 is 0 Å². The summed E-state index contributed by atoms with van der Waals surface area (Å²) in [5.74, 6) is 0. The molecule has 0 unspecified atom stereocenters. The van der Waals surface area contributed by atoms with Crippen molar-refractivity contribution >= 4 is 42.2 Å². The third-order valence-corrected chi connectivity index (χ3v) is 16.8. The monoisotopic (exact) mass is 455 g/mol. The summed E-state index contributed by atoms with van der Waals surface area (Å²) in [5, 5.41) is 14.1. The molecule has 0 N–H and O–H groups in total. The van der Waals surface area contributed by atoms with Gasteiger partial charge in [0.15, 0.2) is 0 Å². The van der Waals surface area contributed by atoms with Gasteiger partial charge in [-0.2, -0.15) is 0 Å². The van der Waals surface area contributed by atoms with E-state index in [0.29, 0.717) is 6.42 Å². The van der Waals surface area contributed by atoms with Gasteiger partial charge in [0.25, 0.3) is 0 Å². The first kappa shape index (κ1) is 17.9. The summed E-state index contributed by atoms with van der Waals surface area (Å²) in [4.78, 5) is 0. The third kappa shape index (κ3) is 2.72. The molecular formula is C22H19INP. The number of rotatable bonds is 5. The number of benzene rings is 3. The molecule has 3 aromatic rings. The molecule has 124 valence electrons. The minimum absolute atomic E-state index is 0.333. The van der Waals surface area contributed by atoms with Crippen LogP contribution in [0.15, 0.2) is 103 Å². The van der Waals surface area contributed by atoms with E-state index in [-0.39, 0.29) is 0 Å². The molecule has 0 radical (unpaired) electrons. The van der Waals surface area contributed by atoms with Crippen molar-refractivity contribution in [3.8, 4) is 6.07 Å². The molecule has 0 saturated carbocycles. The Labute approximate surface area is 162 Å². The van der Waals surface area contributed by atoms with Crippen molar-refractivity contribution < 1.29 is 0 Å². The Morgan fingerprint density at radius 2 is 1.08 bits per heavy atom. The van der Waals surface area contributed by atoms with Gasteiger partial charge in [0.05, 0.1) is 0 Å². The van der Waals surface area contributed by atoms with Crippen molar-refractivity contribution in [2.45, 2.75) is 6.42 Å². The van der Waals surface area contributed by atoms with Crippen molar-refractivity contribution in [3.05, 3.63) is 103 Å². The van der Waals surface area contributed by atoms with Crippen LogP contribution in [0.3, 0.4) is 0 Å². The van der Waals surface area contributed by atoms with E-state index in [1.807, 2.05) is 18.2 Å². The van der Waals surface area contributed by atoms with Crippen LogP contribution in [0.2, 0.25) is 0 Å². The second kappa shape index (κ2) is 7.12. The Balaban J connectivity index is 2.50. The minimum atomic E-state index is -3.01. The van der Waals surface area contributed by atoms with Crippen molar-refractivity contribution in [1.29, 1.82) is 5.26 Å². The summed E-state index contributed by atoms with van der Waals surface area (Å²) >= 11 is 2.63. The number of nitrogens with zero attached hydrogens (tertiary/aromatic N) is 1. The van der Waals surface area contributed by atoms with Gasteiger partial charge in [-0.1, -0.05) is 0 Å². The van der Waals surface area contributed by atoms with E-state index in [9.17, 15) is 5.26 Å². The van der Waals surface area contributed by atoms with Crippen molar-refractivity contribution in [2.75, 3.05) is 0 Å². The van der Waals surface area contributed by atoms with Crippen LogP contribution >= 0.6 is 26.3 Å². The predicted octanol–water partition coefficient (Wildman–Crippen LogP) is 5.29. The number of halogens is 1. The van der Waals surface area contributed by atoms with Gasteiger partial charge in [-0.3, -0.25) is 0 Å². The predicted molar refractivity (Wildman–Crippen MR) is 119 cm³/mol.